The van der Waals surface area contributed by atoms with Crippen LogP contribution in [0.25, 0.3) is 28.2 Å². The van der Waals surface area contributed by atoms with Crippen LogP contribution < -0.4 is 5.73 Å². The molecule has 3 N–H and O–H groups in total. The molecule has 0 spiro atoms. The summed E-state index contributed by atoms with van der Waals surface area (Å²) in [5, 5.41) is 8.10. The van der Waals surface area contributed by atoms with Crippen molar-refractivity contribution in [3.63, 3.8) is 0 Å². The molecule has 124 valence electrons. The number of pyridine rings is 1. The summed E-state index contributed by atoms with van der Waals surface area (Å²) < 4.78 is 0. The third-order valence-corrected chi connectivity index (χ3v) is 4.91. The second-order valence-electron chi connectivity index (χ2n) is 6.45. The lowest BCUT2D eigenvalue weighted by Gasteiger charge is -2.28. The van der Waals surface area contributed by atoms with Crippen LogP contribution in [0.4, 0.5) is 0 Å². The van der Waals surface area contributed by atoms with Gasteiger partial charge in [-0.2, -0.15) is 5.10 Å². The number of H-pyrrole nitrogens is 1. The SMILES string of the molecule is C/C=C\c1cc(-c2ccnc3[nH]ncc23)cc(C(C)(CC)CN)c1. The quantitative estimate of drug-likeness (QED) is 0.737. The lowest BCUT2D eigenvalue weighted by atomic mass is 9.78. The van der Waals surface area contributed by atoms with Gasteiger partial charge in [0.2, 0.25) is 0 Å². The van der Waals surface area contributed by atoms with Crippen molar-refractivity contribution >= 4 is 17.1 Å². The summed E-state index contributed by atoms with van der Waals surface area (Å²) in [5.41, 5.74) is 11.6. The molecule has 3 rings (SSSR count). The molecule has 0 saturated heterocycles. The standard InChI is InChI=1S/C20H24N4/c1-4-6-14-9-15(11-16(10-14)20(3,5-2)13-21)17-7-8-22-19-18(17)12-23-24-19/h4,6-12H,5,13,21H2,1-3H3,(H,22,23,24)/b6-4-. The molecule has 4 heteroatoms. The Hall–Kier alpha value is -2.46. The lowest BCUT2D eigenvalue weighted by molar-refractivity contribution is 0.467. The highest BCUT2D eigenvalue weighted by Gasteiger charge is 2.24. The third kappa shape index (κ3) is 2.85. The van der Waals surface area contributed by atoms with Crippen LogP contribution in [0.15, 0.2) is 42.7 Å². The monoisotopic (exact) mass is 320 g/mol. The maximum atomic E-state index is 6.09. The highest BCUT2D eigenvalue weighted by Crippen LogP contribution is 2.34. The zero-order valence-corrected chi connectivity index (χ0v) is 14.5. The first-order valence-electron chi connectivity index (χ1n) is 8.38. The van der Waals surface area contributed by atoms with Gasteiger partial charge in [-0.1, -0.05) is 38.1 Å². The molecular formula is C20H24N4. The number of nitrogens with one attached hydrogen (secondary N) is 1. The molecule has 1 aromatic carbocycles. The Morgan fingerprint density at radius 3 is 2.83 bits per heavy atom. The van der Waals surface area contributed by atoms with Crippen molar-refractivity contribution in [2.45, 2.75) is 32.6 Å². The average molecular weight is 320 g/mol. The highest BCUT2D eigenvalue weighted by atomic mass is 15.1. The van der Waals surface area contributed by atoms with E-state index in [1.165, 1.54) is 16.7 Å². The van der Waals surface area contributed by atoms with Crippen LogP contribution in [0.2, 0.25) is 0 Å². The van der Waals surface area contributed by atoms with Crippen LogP contribution in [0.5, 0.6) is 0 Å². The molecule has 2 heterocycles. The molecule has 0 radical (unpaired) electrons. The molecule has 3 aromatic rings. The predicted octanol–water partition coefficient (Wildman–Crippen LogP) is 4.28. The van der Waals surface area contributed by atoms with E-state index in [0.29, 0.717) is 6.54 Å². The lowest BCUT2D eigenvalue weighted by Crippen LogP contribution is -2.31. The van der Waals surface area contributed by atoms with Gasteiger partial charge in [-0.15, -0.1) is 0 Å². The van der Waals surface area contributed by atoms with Gasteiger partial charge >= 0.3 is 0 Å². The summed E-state index contributed by atoms with van der Waals surface area (Å²) >= 11 is 0. The van der Waals surface area contributed by atoms with E-state index in [1.807, 2.05) is 25.4 Å². The number of aromatic nitrogens is 3. The van der Waals surface area contributed by atoms with Crippen LogP contribution in [-0.2, 0) is 5.41 Å². The summed E-state index contributed by atoms with van der Waals surface area (Å²) in [6, 6.07) is 8.75. The molecule has 1 unspecified atom stereocenters. The number of hydrogen-bond donors (Lipinski definition) is 2. The van der Waals surface area contributed by atoms with Crippen molar-refractivity contribution in [1.82, 2.24) is 15.2 Å². The normalized spacial score (nSPS) is 14.3. The van der Waals surface area contributed by atoms with Gasteiger partial charge in [0, 0.05) is 23.5 Å². The molecule has 0 bridgehead atoms. The van der Waals surface area contributed by atoms with E-state index in [-0.39, 0.29) is 5.41 Å². The Kier molecular flexibility index (Phi) is 4.49. The first-order valence-corrected chi connectivity index (χ1v) is 8.38. The molecule has 0 fully saturated rings. The van der Waals surface area contributed by atoms with Crippen molar-refractivity contribution in [3.05, 3.63) is 53.9 Å². The fourth-order valence-corrected chi connectivity index (χ4v) is 3.01. The number of rotatable bonds is 5. The van der Waals surface area contributed by atoms with Gasteiger partial charge in [-0.3, -0.25) is 5.10 Å². The number of nitrogens with zero attached hydrogens (tertiary/aromatic N) is 2. The van der Waals surface area contributed by atoms with Gasteiger partial charge < -0.3 is 5.73 Å². The summed E-state index contributed by atoms with van der Waals surface area (Å²) in [5.74, 6) is 0. The minimum absolute atomic E-state index is 0.0329. The van der Waals surface area contributed by atoms with Crippen molar-refractivity contribution in [2.75, 3.05) is 6.54 Å². The van der Waals surface area contributed by atoms with E-state index < -0.39 is 0 Å². The molecule has 1 atom stereocenters. The molecule has 24 heavy (non-hydrogen) atoms. The van der Waals surface area contributed by atoms with Gasteiger partial charge in [0.15, 0.2) is 5.65 Å². The number of benzene rings is 1. The largest absolute Gasteiger partial charge is 0.330 e. The topological polar surface area (TPSA) is 67.6 Å². The van der Waals surface area contributed by atoms with E-state index in [2.05, 4.69) is 59.4 Å². The summed E-state index contributed by atoms with van der Waals surface area (Å²) in [6.45, 7) is 7.08. The highest BCUT2D eigenvalue weighted by molar-refractivity contribution is 5.92. The second kappa shape index (κ2) is 6.57. The maximum absolute atomic E-state index is 6.09. The molecule has 2 aromatic heterocycles. The first-order chi connectivity index (χ1) is 11.6. The third-order valence-electron chi connectivity index (χ3n) is 4.91. The van der Waals surface area contributed by atoms with Crippen molar-refractivity contribution in [2.24, 2.45) is 5.73 Å². The number of allylic oxidation sites excluding steroid dienone is 1. The Labute approximate surface area is 142 Å². The summed E-state index contributed by atoms with van der Waals surface area (Å²) in [6.07, 6.45) is 8.85. The van der Waals surface area contributed by atoms with E-state index in [1.54, 1.807) is 0 Å². The number of hydrogen-bond acceptors (Lipinski definition) is 3. The van der Waals surface area contributed by atoms with E-state index in [0.717, 1.165) is 23.0 Å². The Bertz CT molecular complexity index is 872. The van der Waals surface area contributed by atoms with E-state index >= 15 is 0 Å². The minimum atomic E-state index is -0.0329. The van der Waals surface area contributed by atoms with Crippen molar-refractivity contribution < 1.29 is 0 Å². The van der Waals surface area contributed by atoms with Crippen LogP contribution in [-0.4, -0.2) is 21.7 Å². The molecule has 0 aliphatic rings. The average Bonchev–Trinajstić information content (AvgIpc) is 3.09. The number of aromatic amines is 1. The van der Waals surface area contributed by atoms with Crippen LogP contribution in [0, 0.1) is 0 Å². The fourth-order valence-electron chi connectivity index (χ4n) is 3.01. The van der Waals surface area contributed by atoms with Crippen molar-refractivity contribution in [3.8, 4) is 11.1 Å². The van der Waals surface area contributed by atoms with E-state index in [9.17, 15) is 0 Å². The Morgan fingerprint density at radius 2 is 2.12 bits per heavy atom. The van der Waals surface area contributed by atoms with Gasteiger partial charge in [-0.05, 0) is 47.7 Å². The molecule has 0 aliphatic heterocycles. The zero-order chi connectivity index (χ0) is 17.2. The van der Waals surface area contributed by atoms with Gasteiger partial charge in [-0.25, -0.2) is 4.98 Å². The molecule has 0 saturated carbocycles. The summed E-state index contributed by atoms with van der Waals surface area (Å²) in [7, 11) is 0. The van der Waals surface area contributed by atoms with Gasteiger partial charge in [0.05, 0.1) is 6.20 Å². The predicted molar refractivity (Wildman–Crippen MR) is 101 cm³/mol. The second-order valence-corrected chi connectivity index (χ2v) is 6.45. The summed E-state index contributed by atoms with van der Waals surface area (Å²) in [4.78, 5) is 4.34. The smallest absolute Gasteiger partial charge is 0.155 e. The number of fused-ring (bicyclic) bond motifs is 1. The van der Waals surface area contributed by atoms with Crippen LogP contribution in [0.3, 0.4) is 0 Å². The van der Waals surface area contributed by atoms with Gasteiger partial charge in [0.1, 0.15) is 0 Å². The first kappa shape index (κ1) is 16.4. The van der Waals surface area contributed by atoms with Crippen LogP contribution >= 0.6 is 0 Å². The van der Waals surface area contributed by atoms with Crippen LogP contribution in [0.1, 0.15) is 38.3 Å². The van der Waals surface area contributed by atoms with Crippen molar-refractivity contribution in [1.29, 1.82) is 0 Å². The molecule has 4 nitrogen and oxygen atoms in total. The Balaban J connectivity index is 2.24. The Morgan fingerprint density at radius 1 is 1.29 bits per heavy atom. The zero-order valence-electron chi connectivity index (χ0n) is 14.5. The maximum Gasteiger partial charge on any atom is 0.155 e. The van der Waals surface area contributed by atoms with Gasteiger partial charge in [0.25, 0.3) is 0 Å². The molecular weight excluding hydrogens is 296 g/mol. The number of nitrogens with two attached hydrogens (primary N) is 1. The minimum Gasteiger partial charge on any atom is -0.330 e. The van der Waals surface area contributed by atoms with E-state index in [4.69, 9.17) is 5.73 Å². The molecule has 0 amide bonds. The molecule has 0 aliphatic carbocycles. The fraction of sp³-hybridized carbons (Fsp3) is 0.300.